The van der Waals surface area contributed by atoms with Crippen molar-refractivity contribution in [1.82, 2.24) is 19.7 Å². The van der Waals surface area contributed by atoms with E-state index in [1.54, 1.807) is 18.8 Å². The van der Waals surface area contributed by atoms with Gasteiger partial charge in [-0.05, 0) is 19.8 Å². The van der Waals surface area contributed by atoms with Gasteiger partial charge in [-0.25, -0.2) is 14.6 Å². The van der Waals surface area contributed by atoms with Crippen LogP contribution in [-0.2, 0) is 16.1 Å². The molecule has 2 aliphatic rings. The largest absolute Gasteiger partial charge is 0.472 e. The molecule has 8 nitrogen and oxygen atoms in total. The Morgan fingerprint density at radius 1 is 1.26 bits per heavy atom. The first-order chi connectivity index (χ1) is 13.2. The minimum absolute atomic E-state index is 0.343. The fourth-order valence-corrected chi connectivity index (χ4v) is 3.53. The predicted octanol–water partition coefficient (Wildman–Crippen LogP) is 2.24. The molecule has 0 saturated carbocycles. The summed E-state index contributed by atoms with van der Waals surface area (Å²) >= 11 is 0. The Bertz CT molecular complexity index is 863. The maximum atomic E-state index is 5.70. The van der Waals surface area contributed by atoms with Crippen LogP contribution < -0.4 is 4.90 Å². The Morgan fingerprint density at radius 3 is 2.63 bits per heavy atom. The third-order valence-corrected chi connectivity index (χ3v) is 5.08. The minimum atomic E-state index is 0.343. The van der Waals surface area contributed by atoms with Gasteiger partial charge in [0.25, 0.3) is 0 Å². The number of methoxy groups -OCH3 is 1. The van der Waals surface area contributed by atoms with E-state index in [1.165, 1.54) is 0 Å². The van der Waals surface area contributed by atoms with Gasteiger partial charge in [0.05, 0.1) is 24.1 Å². The lowest BCUT2D eigenvalue weighted by Gasteiger charge is -2.31. The van der Waals surface area contributed by atoms with E-state index in [4.69, 9.17) is 14.6 Å². The van der Waals surface area contributed by atoms with Crippen LogP contribution in [0.4, 0.5) is 5.95 Å². The average molecular weight is 368 g/mol. The monoisotopic (exact) mass is 368 g/mol. The first-order valence-electron chi connectivity index (χ1n) is 9.18. The second-order valence-electron chi connectivity index (χ2n) is 6.63. The van der Waals surface area contributed by atoms with Gasteiger partial charge in [-0.3, -0.25) is 4.99 Å². The number of nitrogens with zero attached hydrogens (tertiary/aromatic N) is 6. The molecule has 4 heterocycles. The molecule has 4 rings (SSSR count). The van der Waals surface area contributed by atoms with Crippen molar-refractivity contribution in [2.75, 3.05) is 32.1 Å². The lowest BCUT2D eigenvalue weighted by atomic mass is 10.1. The summed E-state index contributed by atoms with van der Waals surface area (Å²) in [6.45, 7) is 4.25. The zero-order valence-electron chi connectivity index (χ0n) is 15.9. The summed E-state index contributed by atoms with van der Waals surface area (Å²) in [6.07, 6.45) is 9.91. The average Bonchev–Trinajstić information content (AvgIpc) is 3.17. The lowest BCUT2D eigenvalue weighted by molar-refractivity contribution is 0.0816. The van der Waals surface area contributed by atoms with E-state index in [-0.39, 0.29) is 0 Å². The molecule has 0 amide bonds. The van der Waals surface area contributed by atoms with Crippen molar-refractivity contribution in [3.05, 3.63) is 35.9 Å². The number of ether oxygens (including phenoxy) is 2. The van der Waals surface area contributed by atoms with Crippen LogP contribution in [0, 0.1) is 0 Å². The summed E-state index contributed by atoms with van der Waals surface area (Å²) in [5, 5.41) is 4.71. The number of piperidine rings is 1. The molecule has 2 aromatic heterocycles. The molecule has 1 fully saturated rings. The fraction of sp³-hybridized carbons (Fsp3) is 0.474. The summed E-state index contributed by atoms with van der Waals surface area (Å²) in [4.78, 5) is 15.5. The molecule has 142 valence electrons. The predicted molar refractivity (Wildman–Crippen MR) is 103 cm³/mol. The third-order valence-electron chi connectivity index (χ3n) is 5.08. The van der Waals surface area contributed by atoms with Crippen LogP contribution in [0.2, 0.25) is 0 Å². The van der Waals surface area contributed by atoms with Crippen molar-refractivity contribution in [2.45, 2.75) is 32.5 Å². The second kappa shape index (κ2) is 7.48. The van der Waals surface area contributed by atoms with E-state index in [0.717, 1.165) is 54.4 Å². The molecule has 0 spiro atoms. The van der Waals surface area contributed by atoms with Gasteiger partial charge in [0.2, 0.25) is 11.8 Å². The van der Waals surface area contributed by atoms with Gasteiger partial charge in [-0.1, -0.05) is 6.08 Å². The van der Waals surface area contributed by atoms with Crippen LogP contribution in [0.15, 0.2) is 29.7 Å². The molecule has 0 atom stereocenters. The summed E-state index contributed by atoms with van der Waals surface area (Å²) in [6, 6.07) is 0. The van der Waals surface area contributed by atoms with E-state index < -0.39 is 0 Å². The zero-order valence-corrected chi connectivity index (χ0v) is 15.9. The first-order valence-corrected chi connectivity index (χ1v) is 9.18. The molecule has 0 unspecified atom stereocenters. The molecule has 0 bridgehead atoms. The number of hydrogen-bond donors (Lipinski definition) is 0. The molecule has 0 aromatic carbocycles. The van der Waals surface area contributed by atoms with E-state index in [0.29, 0.717) is 18.6 Å². The van der Waals surface area contributed by atoms with Crippen LogP contribution in [0.5, 0.6) is 0 Å². The normalized spacial score (nSPS) is 20.8. The molecule has 2 aromatic rings. The van der Waals surface area contributed by atoms with Crippen molar-refractivity contribution in [1.29, 1.82) is 0 Å². The van der Waals surface area contributed by atoms with Crippen molar-refractivity contribution in [2.24, 2.45) is 4.99 Å². The Hall–Kier alpha value is -2.74. The van der Waals surface area contributed by atoms with E-state index in [9.17, 15) is 0 Å². The summed E-state index contributed by atoms with van der Waals surface area (Å²) in [7, 11) is 3.50. The van der Waals surface area contributed by atoms with Crippen LogP contribution in [0.3, 0.4) is 0 Å². The molecule has 8 heteroatoms. The zero-order chi connectivity index (χ0) is 18.8. The maximum absolute atomic E-state index is 5.70. The minimum Gasteiger partial charge on any atom is -0.472 e. The van der Waals surface area contributed by atoms with Gasteiger partial charge < -0.3 is 14.4 Å². The molecule has 1 saturated heterocycles. The second-order valence-corrected chi connectivity index (χ2v) is 6.63. The first kappa shape index (κ1) is 17.7. The number of rotatable bonds is 3. The Labute approximate surface area is 158 Å². The Balaban J connectivity index is 1.55. The van der Waals surface area contributed by atoms with Crippen molar-refractivity contribution in [3.63, 3.8) is 0 Å². The van der Waals surface area contributed by atoms with Gasteiger partial charge in [0.1, 0.15) is 18.0 Å². The molecule has 2 aliphatic heterocycles. The van der Waals surface area contributed by atoms with Crippen molar-refractivity contribution < 1.29 is 9.47 Å². The van der Waals surface area contributed by atoms with Crippen molar-refractivity contribution >= 4 is 17.4 Å². The topological polar surface area (TPSA) is 77.7 Å². The van der Waals surface area contributed by atoms with Gasteiger partial charge in [-0.2, -0.15) is 5.10 Å². The quantitative estimate of drug-likeness (QED) is 0.827. The van der Waals surface area contributed by atoms with E-state index >= 15 is 0 Å². The summed E-state index contributed by atoms with van der Waals surface area (Å²) in [5.74, 6) is 1.38. The van der Waals surface area contributed by atoms with E-state index in [2.05, 4.69) is 19.9 Å². The highest BCUT2D eigenvalue weighted by Gasteiger charge is 2.25. The Morgan fingerprint density at radius 2 is 2.00 bits per heavy atom. The molecular weight excluding hydrogens is 344 g/mol. The van der Waals surface area contributed by atoms with Gasteiger partial charge in [-0.15, -0.1) is 0 Å². The number of aromatic nitrogens is 4. The number of allylic oxidation sites excluding steroid dienone is 1. The summed E-state index contributed by atoms with van der Waals surface area (Å²) < 4.78 is 12.9. The van der Waals surface area contributed by atoms with Gasteiger partial charge >= 0.3 is 0 Å². The van der Waals surface area contributed by atoms with Crippen LogP contribution in [0.25, 0.3) is 11.3 Å². The smallest absolute Gasteiger partial charge is 0.225 e. The molecule has 0 aliphatic carbocycles. The van der Waals surface area contributed by atoms with E-state index in [1.807, 2.05) is 31.6 Å². The maximum Gasteiger partial charge on any atom is 0.225 e. The van der Waals surface area contributed by atoms with Crippen LogP contribution in [-0.4, -0.2) is 59.0 Å². The fourth-order valence-electron chi connectivity index (χ4n) is 3.53. The number of anilines is 1. The summed E-state index contributed by atoms with van der Waals surface area (Å²) in [5.41, 5.74) is 3.66. The highest BCUT2D eigenvalue weighted by atomic mass is 16.5. The molecular formula is C19H24N6O2. The number of hydrogen-bond acceptors (Lipinski definition) is 7. The SMILES string of the molecule is C/C=C1\C(=NC)OCc2cn(-c3cnc(N4CCC(OC)CC4)nc3)nc21. The van der Waals surface area contributed by atoms with Gasteiger partial charge in [0, 0.05) is 39.0 Å². The van der Waals surface area contributed by atoms with Crippen LogP contribution in [0.1, 0.15) is 31.0 Å². The standard InChI is InChI=1S/C19H24N6O2/c1-4-16-17-13(12-27-18(16)20-2)11-25(23-17)14-9-21-19(22-10-14)24-7-5-15(26-3)6-8-24/h4,9-11,15H,5-8,12H2,1-3H3/b16-4-,20-18?. The molecule has 0 N–H and O–H groups in total. The van der Waals surface area contributed by atoms with Crippen molar-refractivity contribution in [3.8, 4) is 5.69 Å². The number of aliphatic imine (C=N–C) groups is 1. The third kappa shape index (κ3) is 3.32. The lowest BCUT2D eigenvalue weighted by Crippen LogP contribution is -2.37. The van der Waals surface area contributed by atoms with Crippen LogP contribution >= 0.6 is 0 Å². The van der Waals surface area contributed by atoms with Gasteiger partial charge in [0.15, 0.2) is 0 Å². The molecule has 0 radical (unpaired) electrons. The Kier molecular flexibility index (Phi) is 4.89. The molecule has 27 heavy (non-hydrogen) atoms. The highest BCUT2D eigenvalue weighted by molar-refractivity contribution is 6.20. The highest BCUT2D eigenvalue weighted by Crippen LogP contribution is 2.27. The number of fused-ring (bicyclic) bond motifs is 1.